The summed E-state index contributed by atoms with van der Waals surface area (Å²) in [6.07, 6.45) is -0.475. The molecule has 2 aromatic rings. The number of furan rings is 1. The Morgan fingerprint density at radius 2 is 2.19 bits per heavy atom. The van der Waals surface area contributed by atoms with E-state index in [0.717, 1.165) is 5.39 Å². The molecule has 0 bridgehead atoms. The van der Waals surface area contributed by atoms with Crippen molar-refractivity contribution in [2.24, 2.45) is 0 Å². The molecule has 0 amide bonds. The van der Waals surface area contributed by atoms with Crippen molar-refractivity contribution >= 4 is 22.9 Å². The first-order valence-electron chi connectivity index (χ1n) is 6.55. The predicted octanol–water partition coefficient (Wildman–Crippen LogP) is 2.22. The number of hydrogen-bond donors (Lipinski definition) is 0. The van der Waals surface area contributed by atoms with Crippen LogP contribution in [0, 0.1) is 6.92 Å². The van der Waals surface area contributed by atoms with E-state index in [-0.39, 0.29) is 12.4 Å². The molecule has 1 saturated heterocycles. The number of benzene rings is 1. The number of aryl methyl sites for hydroxylation is 1. The highest BCUT2D eigenvalue weighted by molar-refractivity contribution is 5.97. The SMILES string of the molecule is COc1ccc2oc(C(=O)O[C@@H]3CCOC3=O)c(C)c2c1. The predicted molar refractivity (Wildman–Crippen MR) is 72.3 cm³/mol. The van der Waals surface area contributed by atoms with Crippen molar-refractivity contribution in [3.05, 3.63) is 29.5 Å². The Balaban J connectivity index is 1.91. The first-order valence-corrected chi connectivity index (χ1v) is 6.55. The minimum Gasteiger partial charge on any atom is -0.497 e. The highest BCUT2D eigenvalue weighted by atomic mass is 16.6. The zero-order valence-corrected chi connectivity index (χ0v) is 11.7. The molecule has 1 fully saturated rings. The highest BCUT2D eigenvalue weighted by Crippen LogP contribution is 2.29. The molecule has 0 saturated carbocycles. The Morgan fingerprint density at radius 1 is 1.38 bits per heavy atom. The summed E-state index contributed by atoms with van der Waals surface area (Å²) in [6, 6.07) is 5.26. The monoisotopic (exact) mass is 290 g/mol. The molecule has 1 aromatic heterocycles. The molecule has 21 heavy (non-hydrogen) atoms. The van der Waals surface area contributed by atoms with Gasteiger partial charge in [0.25, 0.3) is 0 Å². The van der Waals surface area contributed by atoms with Crippen molar-refractivity contribution in [1.82, 2.24) is 0 Å². The van der Waals surface area contributed by atoms with E-state index in [0.29, 0.717) is 23.3 Å². The van der Waals surface area contributed by atoms with Crippen LogP contribution in [0.1, 0.15) is 22.5 Å². The van der Waals surface area contributed by atoms with Crippen LogP contribution < -0.4 is 4.74 Å². The molecule has 0 spiro atoms. The van der Waals surface area contributed by atoms with Crippen LogP contribution in [0.15, 0.2) is 22.6 Å². The smallest absolute Gasteiger partial charge is 0.375 e. The summed E-state index contributed by atoms with van der Waals surface area (Å²) in [6.45, 7) is 2.03. The zero-order chi connectivity index (χ0) is 15.0. The average Bonchev–Trinajstić information content (AvgIpc) is 3.03. The maximum atomic E-state index is 12.1. The van der Waals surface area contributed by atoms with Gasteiger partial charge in [-0.25, -0.2) is 9.59 Å². The molecular weight excluding hydrogens is 276 g/mol. The summed E-state index contributed by atoms with van der Waals surface area (Å²) in [5.74, 6) is -0.408. The third kappa shape index (κ3) is 2.33. The number of cyclic esters (lactones) is 1. The minimum absolute atomic E-state index is 0.0953. The Kier molecular flexibility index (Phi) is 3.29. The summed E-state index contributed by atoms with van der Waals surface area (Å²) in [5, 5.41) is 0.773. The fourth-order valence-corrected chi connectivity index (χ4v) is 2.29. The van der Waals surface area contributed by atoms with Gasteiger partial charge in [-0.05, 0) is 25.1 Å². The number of fused-ring (bicyclic) bond motifs is 1. The standard InChI is InChI=1S/C15H14O6/c1-8-10-7-9(18-2)3-4-11(10)20-13(8)15(17)21-12-5-6-19-14(12)16/h3-4,7,12H,5-6H2,1-2H3/t12-/m1/s1. The lowest BCUT2D eigenvalue weighted by molar-refractivity contribution is -0.145. The van der Waals surface area contributed by atoms with E-state index < -0.39 is 18.0 Å². The van der Waals surface area contributed by atoms with Crippen LogP contribution >= 0.6 is 0 Å². The van der Waals surface area contributed by atoms with E-state index in [1.165, 1.54) is 0 Å². The second-order valence-corrected chi connectivity index (χ2v) is 4.77. The topological polar surface area (TPSA) is 75.0 Å². The Hall–Kier alpha value is -2.50. The number of carbonyl (C=O) groups excluding carboxylic acids is 2. The first kappa shape index (κ1) is 13.5. The Morgan fingerprint density at radius 3 is 2.86 bits per heavy atom. The maximum Gasteiger partial charge on any atom is 0.375 e. The van der Waals surface area contributed by atoms with Gasteiger partial charge in [0.2, 0.25) is 11.9 Å². The van der Waals surface area contributed by atoms with Crippen LogP contribution in [0.4, 0.5) is 0 Å². The normalized spacial score (nSPS) is 17.8. The van der Waals surface area contributed by atoms with E-state index in [4.69, 9.17) is 18.6 Å². The van der Waals surface area contributed by atoms with Crippen LogP contribution in [0.5, 0.6) is 5.75 Å². The van der Waals surface area contributed by atoms with Gasteiger partial charge >= 0.3 is 11.9 Å². The van der Waals surface area contributed by atoms with Crippen LogP contribution in [-0.2, 0) is 14.3 Å². The molecule has 3 rings (SSSR count). The van der Waals surface area contributed by atoms with Crippen molar-refractivity contribution in [1.29, 1.82) is 0 Å². The van der Waals surface area contributed by atoms with Gasteiger partial charge in [-0.15, -0.1) is 0 Å². The molecule has 0 radical (unpaired) electrons. The van der Waals surface area contributed by atoms with Gasteiger partial charge in [-0.1, -0.05) is 0 Å². The van der Waals surface area contributed by atoms with Gasteiger partial charge in [0.05, 0.1) is 13.7 Å². The molecule has 2 heterocycles. The van der Waals surface area contributed by atoms with Gasteiger partial charge in [-0.3, -0.25) is 0 Å². The van der Waals surface area contributed by atoms with Crippen LogP contribution in [-0.4, -0.2) is 31.8 Å². The summed E-state index contributed by atoms with van der Waals surface area (Å²) in [7, 11) is 1.57. The van der Waals surface area contributed by atoms with Crippen LogP contribution in [0.3, 0.4) is 0 Å². The maximum absolute atomic E-state index is 12.1. The average molecular weight is 290 g/mol. The molecule has 1 aromatic carbocycles. The summed E-state index contributed by atoms with van der Waals surface area (Å²) >= 11 is 0. The van der Waals surface area contributed by atoms with E-state index in [2.05, 4.69) is 0 Å². The van der Waals surface area contributed by atoms with Crippen molar-refractivity contribution in [3.8, 4) is 5.75 Å². The molecule has 0 aliphatic carbocycles. The molecule has 1 aliphatic heterocycles. The third-order valence-electron chi connectivity index (χ3n) is 3.47. The molecular formula is C15H14O6. The van der Waals surface area contributed by atoms with Crippen LogP contribution in [0.2, 0.25) is 0 Å². The second kappa shape index (κ2) is 5.12. The van der Waals surface area contributed by atoms with Gasteiger partial charge in [0.15, 0.2) is 0 Å². The van der Waals surface area contributed by atoms with E-state index >= 15 is 0 Å². The molecule has 1 atom stereocenters. The van der Waals surface area contributed by atoms with E-state index in [1.54, 1.807) is 32.2 Å². The number of ether oxygens (including phenoxy) is 3. The molecule has 110 valence electrons. The van der Waals surface area contributed by atoms with E-state index in [1.807, 2.05) is 0 Å². The third-order valence-corrected chi connectivity index (χ3v) is 3.47. The van der Waals surface area contributed by atoms with Gasteiger partial charge in [0.1, 0.15) is 11.3 Å². The fraction of sp³-hybridized carbons (Fsp3) is 0.333. The first-order chi connectivity index (χ1) is 10.1. The molecule has 1 aliphatic rings. The summed E-state index contributed by atoms with van der Waals surface area (Å²) in [4.78, 5) is 23.5. The fourth-order valence-electron chi connectivity index (χ4n) is 2.29. The van der Waals surface area contributed by atoms with Crippen LogP contribution in [0.25, 0.3) is 11.0 Å². The summed E-state index contributed by atoms with van der Waals surface area (Å²) in [5.41, 5.74) is 1.22. The van der Waals surface area contributed by atoms with Gasteiger partial charge in [0, 0.05) is 17.4 Å². The Bertz CT molecular complexity index is 714. The van der Waals surface area contributed by atoms with Crippen molar-refractivity contribution < 1.29 is 28.2 Å². The van der Waals surface area contributed by atoms with Crippen molar-refractivity contribution in [2.45, 2.75) is 19.4 Å². The van der Waals surface area contributed by atoms with E-state index in [9.17, 15) is 9.59 Å². The number of rotatable bonds is 3. The lowest BCUT2D eigenvalue weighted by atomic mass is 10.1. The van der Waals surface area contributed by atoms with Gasteiger partial charge < -0.3 is 18.6 Å². The molecule has 0 unspecified atom stereocenters. The molecule has 6 heteroatoms. The number of carbonyl (C=O) groups is 2. The number of methoxy groups -OCH3 is 1. The highest BCUT2D eigenvalue weighted by Gasteiger charge is 2.32. The lowest BCUT2D eigenvalue weighted by Gasteiger charge is -2.06. The zero-order valence-electron chi connectivity index (χ0n) is 11.7. The molecule has 6 nitrogen and oxygen atoms in total. The van der Waals surface area contributed by atoms with Gasteiger partial charge in [-0.2, -0.15) is 0 Å². The quantitative estimate of drug-likeness (QED) is 0.807. The number of hydrogen-bond acceptors (Lipinski definition) is 6. The summed E-state index contributed by atoms with van der Waals surface area (Å²) < 4.78 is 20.6. The molecule has 0 N–H and O–H groups in total. The van der Waals surface area contributed by atoms with Crippen molar-refractivity contribution in [3.63, 3.8) is 0 Å². The minimum atomic E-state index is -0.848. The largest absolute Gasteiger partial charge is 0.497 e. The lowest BCUT2D eigenvalue weighted by Crippen LogP contribution is -2.22. The van der Waals surface area contributed by atoms with Crippen molar-refractivity contribution in [2.75, 3.05) is 13.7 Å². The number of esters is 2. The Labute approximate surface area is 120 Å². The second-order valence-electron chi connectivity index (χ2n) is 4.77.